The summed E-state index contributed by atoms with van der Waals surface area (Å²) in [6.07, 6.45) is 0.781. The van der Waals surface area contributed by atoms with Crippen LogP contribution in [0.25, 0.3) is 0 Å². The van der Waals surface area contributed by atoms with E-state index >= 15 is 0 Å². The van der Waals surface area contributed by atoms with Crippen LogP contribution in [0, 0.1) is 0 Å². The summed E-state index contributed by atoms with van der Waals surface area (Å²) in [6, 6.07) is 6.75. The lowest BCUT2D eigenvalue weighted by atomic mass is 10.3. The molecule has 1 aromatic carbocycles. The molecule has 1 atom stereocenters. The Morgan fingerprint density at radius 3 is 2.59 bits per heavy atom. The van der Waals surface area contributed by atoms with Crippen LogP contribution in [-0.2, 0) is 10.0 Å². The number of halogens is 2. The Balaban J connectivity index is 2.88. The summed E-state index contributed by atoms with van der Waals surface area (Å²) in [5.74, 6) is 0. The number of rotatable bonds is 5. The number of hydrogen-bond donors (Lipinski definition) is 0. The Kier molecular flexibility index (Phi) is 5.63. The van der Waals surface area contributed by atoms with Crippen LogP contribution in [0.15, 0.2) is 33.6 Å². The van der Waals surface area contributed by atoms with Gasteiger partial charge in [0.2, 0.25) is 10.0 Å². The number of nitrogens with zero attached hydrogens (tertiary/aromatic N) is 1. The van der Waals surface area contributed by atoms with Gasteiger partial charge in [0, 0.05) is 22.9 Å². The Bertz CT molecular complexity index is 474. The molecule has 0 spiro atoms. The normalized spacial score (nSPS) is 13.9. The maximum absolute atomic E-state index is 12.2. The Labute approximate surface area is 120 Å². The van der Waals surface area contributed by atoms with Crippen molar-refractivity contribution < 1.29 is 8.42 Å². The van der Waals surface area contributed by atoms with Gasteiger partial charge in [-0.2, -0.15) is 0 Å². The first-order chi connectivity index (χ1) is 7.84. The van der Waals surface area contributed by atoms with Crippen molar-refractivity contribution in [2.24, 2.45) is 0 Å². The van der Waals surface area contributed by atoms with Crippen LogP contribution < -0.4 is 0 Å². The highest BCUT2D eigenvalue weighted by molar-refractivity contribution is 9.10. The van der Waals surface area contributed by atoms with E-state index < -0.39 is 10.0 Å². The van der Waals surface area contributed by atoms with E-state index in [0.717, 1.165) is 10.9 Å². The van der Waals surface area contributed by atoms with Gasteiger partial charge in [0.1, 0.15) is 0 Å². The van der Waals surface area contributed by atoms with E-state index in [1.165, 1.54) is 4.31 Å². The highest BCUT2D eigenvalue weighted by Crippen LogP contribution is 2.19. The third-order valence-corrected chi connectivity index (χ3v) is 5.15. The lowest BCUT2D eigenvalue weighted by molar-refractivity contribution is 0.462. The third-order valence-electron chi connectivity index (χ3n) is 2.35. The van der Waals surface area contributed by atoms with Crippen LogP contribution in [-0.4, -0.2) is 31.1 Å². The molecule has 3 nitrogen and oxygen atoms in total. The molecule has 0 heterocycles. The maximum Gasteiger partial charge on any atom is 0.242 e. The molecule has 0 bridgehead atoms. The zero-order valence-corrected chi connectivity index (χ0v) is 13.7. The summed E-state index contributed by atoms with van der Waals surface area (Å²) < 4.78 is 26.5. The van der Waals surface area contributed by atoms with E-state index in [9.17, 15) is 8.42 Å². The monoisotopic (exact) mass is 383 g/mol. The predicted molar refractivity (Wildman–Crippen MR) is 77.0 cm³/mol. The lowest BCUT2D eigenvalue weighted by Gasteiger charge is -2.17. The zero-order valence-electron chi connectivity index (χ0n) is 9.73. The average Bonchev–Trinajstić information content (AvgIpc) is 2.25. The quantitative estimate of drug-likeness (QED) is 0.730. The molecule has 0 saturated carbocycles. The van der Waals surface area contributed by atoms with Crippen LogP contribution >= 0.6 is 31.9 Å². The second kappa shape index (κ2) is 6.31. The summed E-state index contributed by atoms with van der Waals surface area (Å²) >= 11 is 6.68. The third kappa shape index (κ3) is 4.35. The summed E-state index contributed by atoms with van der Waals surface area (Å²) in [5, 5.41) is 0. The van der Waals surface area contributed by atoms with Crippen molar-refractivity contribution in [3.05, 3.63) is 28.7 Å². The molecule has 0 saturated heterocycles. The largest absolute Gasteiger partial charge is 0.242 e. The summed E-state index contributed by atoms with van der Waals surface area (Å²) in [7, 11) is -1.77. The van der Waals surface area contributed by atoms with Crippen molar-refractivity contribution in [2.45, 2.75) is 23.1 Å². The minimum absolute atomic E-state index is 0.308. The fourth-order valence-corrected chi connectivity index (χ4v) is 3.27. The van der Waals surface area contributed by atoms with Gasteiger partial charge in [-0.1, -0.05) is 44.8 Å². The van der Waals surface area contributed by atoms with E-state index in [1.807, 2.05) is 6.92 Å². The highest BCUT2D eigenvalue weighted by Gasteiger charge is 2.20. The van der Waals surface area contributed by atoms with Crippen LogP contribution in [0.4, 0.5) is 0 Å². The van der Waals surface area contributed by atoms with Crippen LogP contribution in [0.5, 0.6) is 0 Å². The van der Waals surface area contributed by atoms with E-state index in [1.54, 1.807) is 31.3 Å². The zero-order chi connectivity index (χ0) is 13.1. The molecular formula is C11H15Br2NO2S. The molecular weight excluding hydrogens is 370 g/mol. The van der Waals surface area contributed by atoms with Crippen molar-refractivity contribution in [2.75, 3.05) is 13.6 Å². The first-order valence-electron chi connectivity index (χ1n) is 5.20. The van der Waals surface area contributed by atoms with Gasteiger partial charge in [-0.05, 0) is 24.6 Å². The van der Waals surface area contributed by atoms with Gasteiger partial charge in [0.05, 0.1) is 4.90 Å². The van der Waals surface area contributed by atoms with Crippen molar-refractivity contribution >= 4 is 41.9 Å². The van der Waals surface area contributed by atoms with Gasteiger partial charge in [-0.15, -0.1) is 0 Å². The summed E-state index contributed by atoms with van der Waals surface area (Å²) in [6.45, 7) is 2.50. The molecule has 0 fully saturated rings. The fourth-order valence-electron chi connectivity index (χ4n) is 1.29. The van der Waals surface area contributed by atoms with E-state index in [-0.39, 0.29) is 0 Å². The molecule has 0 aliphatic carbocycles. The van der Waals surface area contributed by atoms with Gasteiger partial charge in [-0.3, -0.25) is 0 Å². The molecule has 0 radical (unpaired) electrons. The Morgan fingerprint density at radius 1 is 1.41 bits per heavy atom. The number of sulfonamides is 1. The predicted octanol–water partition coefficient (Wildman–Crippen LogP) is 3.24. The summed E-state index contributed by atoms with van der Waals surface area (Å²) in [5.41, 5.74) is 0. The van der Waals surface area contributed by atoms with Crippen molar-refractivity contribution in [3.8, 4) is 0 Å². The van der Waals surface area contributed by atoms with E-state index in [2.05, 4.69) is 31.9 Å². The molecule has 0 aromatic heterocycles. The topological polar surface area (TPSA) is 37.4 Å². The van der Waals surface area contributed by atoms with Crippen molar-refractivity contribution in [1.82, 2.24) is 4.31 Å². The van der Waals surface area contributed by atoms with E-state index in [0.29, 0.717) is 16.3 Å². The highest BCUT2D eigenvalue weighted by atomic mass is 79.9. The molecule has 1 rings (SSSR count). The molecule has 0 N–H and O–H groups in total. The lowest BCUT2D eigenvalue weighted by Crippen LogP contribution is -2.28. The second-order valence-electron chi connectivity index (χ2n) is 3.85. The van der Waals surface area contributed by atoms with Gasteiger partial charge in [0.25, 0.3) is 0 Å². The number of hydrogen-bond acceptors (Lipinski definition) is 2. The van der Waals surface area contributed by atoms with Gasteiger partial charge in [-0.25, -0.2) is 12.7 Å². The molecule has 1 aromatic rings. The Hall–Kier alpha value is 0.0900. The van der Waals surface area contributed by atoms with Gasteiger partial charge in [0.15, 0.2) is 0 Å². The Morgan fingerprint density at radius 2 is 2.06 bits per heavy atom. The first kappa shape index (κ1) is 15.1. The number of alkyl halides is 1. The SMILES string of the molecule is CC(Br)CCN(C)S(=O)(=O)c1cccc(Br)c1. The number of benzene rings is 1. The molecule has 1 unspecified atom stereocenters. The average molecular weight is 385 g/mol. The molecule has 0 amide bonds. The molecule has 96 valence electrons. The fraction of sp³-hybridized carbons (Fsp3) is 0.455. The minimum atomic E-state index is -3.37. The first-order valence-corrected chi connectivity index (χ1v) is 8.35. The standard InChI is InChI=1S/C11H15Br2NO2S/c1-9(12)6-7-14(2)17(15,16)11-5-3-4-10(13)8-11/h3-5,8-9H,6-7H2,1-2H3. The van der Waals surface area contributed by atoms with Crippen LogP contribution in [0.1, 0.15) is 13.3 Å². The van der Waals surface area contributed by atoms with Crippen LogP contribution in [0.2, 0.25) is 0 Å². The second-order valence-corrected chi connectivity index (χ2v) is 8.38. The smallest absolute Gasteiger partial charge is 0.207 e. The van der Waals surface area contributed by atoms with Gasteiger partial charge >= 0.3 is 0 Å². The van der Waals surface area contributed by atoms with Gasteiger partial charge < -0.3 is 0 Å². The molecule has 17 heavy (non-hydrogen) atoms. The molecule has 0 aliphatic heterocycles. The van der Waals surface area contributed by atoms with Crippen LogP contribution in [0.3, 0.4) is 0 Å². The molecule has 0 aliphatic rings. The van der Waals surface area contributed by atoms with Crippen molar-refractivity contribution in [3.63, 3.8) is 0 Å². The maximum atomic E-state index is 12.2. The molecule has 6 heteroatoms. The minimum Gasteiger partial charge on any atom is -0.207 e. The van der Waals surface area contributed by atoms with E-state index in [4.69, 9.17) is 0 Å². The summed E-state index contributed by atoms with van der Waals surface area (Å²) in [4.78, 5) is 0.624. The van der Waals surface area contributed by atoms with Crippen molar-refractivity contribution in [1.29, 1.82) is 0 Å².